The summed E-state index contributed by atoms with van der Waals surface area (Å²) in [6.07, 6.45) is 2.58. The van der Waals surface area contributed by atoms with E-state index >= 15 is 0 Å². The number of aryl methyl sites for hydroxylation is 1. The number of anilines is 1. The van der Waals surface area contributed by atoms with Gasteiger partial charge in [0.15, 0.2) is 5.82 Å². The van der Waals surface area contributed by atoms with Gasteiger partial charge in [-0.25, -0.2) is 8.42 Å². The van der Waals surface area contributed by atoms with Crippen LogP contribution in [-0.2, 0) is 22.7 Å². The van der Waals surface area contributed by atoms with Gasteiger partial charge < -0.3 is 5.32 Å². The van der Waals surface area contributed by atoms with Crippen molar-refractivity contribution in [1.29, 1.82) is 5.26 Å². The Bertz CT molecular complexity index is 620. The Hall–Kier alpha value is -1.68. The summed E-state index contributed by atoms with van der Waals surface area (Å²) in [4.78, 5) is 0. The van der Waals surface area contributed by atoms with Gasteiger partial charge in [0.1, 0.15) is 21.5 Å². The first kappa shape index (κ1) is 16.4. The predicted molar refractivity (Wildman–Crippen MR) is 78.3 cm³/mol. The van der Waals surface area contributed by atoms with E-state index in [9.17, 15) is 13.7 Å². The lowest BCUT2D eigenvalue weighted by Gasteiger charge is -2.16. The molecule has 0 bridgehead atoms. The number of hydrogen-bond acceptors (Lipinski definition) is 6. The van der Waals surface area contributed by atoms with Crippen molar-refractivity contribution in [3.05, 3.63) is 16.8 Å². The minimum atomic E-state index is -3.09. The maximum atomic E-state index is 11.3. The van der Waals surface area contributed by atoms with Gasteiger partial charge >= 0.3 is 0 Å². The van der Waals surface area contributed by atoms with Crippen LogP contribution in [0, 0.1) is 11.3 Å². The molecule has 0 aliphatic carbocycles. The van der Waals surface area contributed by atoms with Crippen molar-refractivity contribution in [1.82, 2.24) is 10.2 Å². The molecule has 1 atom stereocenters. The molecule has 1 heterocycles. The first-order valence-corrected chi connectivity index (χ1v) is 8.61. The third kappa shape index (κ3) is 4.17. The number of sulfone groups is 1. The first-order chi connectivity index (χ1) is 9.32. The van der Waals surface area contributed by atoms with E-state index in [4.69, 9.17) is 0 Å². The molecule has 0 aromatic carbocycles. The van der Waals surface area contributed by atoms with Crippen LogP contribution < -0.4 is 5.32 Å². The second-order valence-electron chi connectivity index (χ2n) is 4.81. The molecule has 0 amide bonds. The Morgan fingerprint density at radius 2 is 1.95 bits per heavy atom. The summed E-state index contributed by atoms with van der Waals surface area (Å²) in [5.74, 6) is 0.342. The van der Waals surface area contributed by atoms with Crippen molar-refractivity contribution < 1.29 is 8.42 Å². The summed E-state index contributed by atoms with van der Waals surface area (Å²) >= 11 is 0. The number of nitrogens with one attached hydrogen (secondary N) is 1. The molecule has 1 rings (SSSR count). The third-order valence-corrected chi connectivity index (χ3v) is 4.00. The molecule has 0 saturated heterocycles. The van der Waals surface area contributed by atoms with Gasteiger partial charge in [-0.3, -0.25) is 0 Å². The summed E-state index contributed by atoms with van der Waals surface area (Å²) in [5.41, 5.74) is 2.14. The van der Waals surface area contributed by atoms with Gasteiger partial charge in [0.2, 0.25) is 0 Å². The van der Waals surface area contributed by atoms with Gasteiger partial charge in [-0.2, -0.15) is 10.4 Å². The Morgan fingerprint density at radius 3 is 2.40 bits per heavy atom. The molecule has 1 aromatic rings. The average molecular weight is 296 g/mol. The molecule has 1 aromatic heterocycles. The molecule has 0 aliphatic rings. The highest BCUT2D eigenvalue weighted by Crippen LogP contribution is 2.20. The van der Waals surface area contributed by atoms with E-state index in [2.05, 4.69) is 21.6 Å². The van der Waals surface area contributed by atoms with Crippen molar-refractivity contribution in [3.63, 3.8) is 0 Å². The lowest BCUT2D eigenvalue weighted by atomic mass is 10.0. The Balaban J connectivity index is 3.11. The van der Waals surface area contributed by atoms with Crippen molar-refractivity contribution in [3.8, 4) is 6.07 Å². The first-order valence-electron chi connectivity index (χ1n) is 6.55. The molecule has 20 heavy (non-hydrogen) atoms. The van der Waals surface area contributed by atoms with E-state index in [0.29, 0.717) is 24.2 Å². The summed E-state index contributed by atoms with van der Waals surface area (Å²) in [6.45, 7) is 5.66. The van der Waals surface area contributed by atoms with Gasteiger partial charge in [-0.15, -0.1) is 5.10 Å². The van der Waals surface area contributed by atoms with Crippen LogP contribution in [0.4, 0.5) is 5.82 Å². The van der Waals surface area contributed by atoms with Crippen LogP contribution in [0.5, 0.6) is 0 Å². The van der Waals surface area contributed by atoms with E-state index in [1.54, 1.807) is 6.92 Å². The third-order valence-electron chi connectivity index (χ3n) is 2.89. The maximum Gasteiger partial charge on any atom is 0.167 e. The SMILES string of the molecule is CCc1nnc(NC(C)CS(C)(=O)=O)c(C#N)c1CC. The molecule has 6 nitrogen and oxygen atoms in total. The fraction of sp³-hybridized carbons (Fsp3) is 0.615. The van der Waals surface area contributed by atoms with Crippen LogP contribution >= 0.6 is 0 Å². The van der Waals surface area contributed by atoms with E-state index < -0.39 is 9.84 Å². The molecule has 110 valence electrons. The zero-order chi connectivity index (χ0) is 15.3. The van der Waals surface area contributed by atoms with Gasteiger partial charge in [-0.1, -0.05) is 13.8 Å². The molecule has 0 aliphatic heterocycles. The fourth-order valence-electron chi connectivity index (χ4n) is 2.12. The van der Waals surface area contributed by atoms with Gasteiger partial charge in [0, 0.05) is 12.3 Å². The predicted octanol–water partition coefficient (Wildman–Crippen LogP) is 1.32. The smallest absolute Gasteiger partial charge is 0.167 e. The zero-order valence-corrected chi connectivity index (χ0v) is 13.1. The highest BCUT2D eigenvalue weighted by atomic mass is 32.2. The van der Waals surface area contributed by atoms with Crippen LogP contribution in [0.15, 0.2) is 0 Å². The number of nitrogens with zero attached hydrogens (tertiary/aromatic N) is 3. The topological polar surface area (TPSA) is 95.7 Å². The highest BCUT2D eigenvalue weighted by Gasteiger charge is 2.17. The summed E-state index contributed by atoms with van der Waals surface area (Å²) in [6, 6.07) is 1.81. The normalized spacial score (nSPS) is 12.8. The molecule has 7 heteroatoms. The van der Waals surface area contributed by atoms with Crippen LogP contribution in [0.1, 0.15) is 37.6 Å². The minimum Gasteiger partial charge on any atom is -0.364 e. The van der Waals surface area contributed by atoms with Crippen LogP contribution in [0.25, 0.3) is 0 Å². The monoisotopic (exact) mass is 296 g/mol. The molecular formula is C13H20N4O2S. The Labute approximate surface area is 120 Å². The van der Waals surface area contributed by atoms with E-state index in [0.717, 1.165) is 11.3 Å². The lowest BCUT2D eigenvalue weighted by Crippen LogP contribution is -2.26. The lowest BCUT2D eigenvalue weighted by molar-refractivity contribution is 0.597. The highest BCUT2D eigenvalue weighted by molar-refractivity contribution is 7.90. The van der Waals surface area contributed by atoms with E-state index in [1.807, 2.05) is 13.8 Å². The molecule has 0 fully saturated rings. The van der Waals surface area contributed by atoms with Gasteiger partial charge in [0.25, 0.3) is 0 Å². The molecule has 1 N–H and O–H groups in total. The van der Waals surface area contributed by atoms with E-state index in [1.165, 1.54) is 6.26 Å². The largest absolute Gasteiger partial charge is 0.364 e. The molecule has 0 saturated carbocycles. The second-order valence-corrected chi connectivity index (χ2v) is 6.99. The summed E-state index contributed by atoms with van der Waals surface area (Å²) in [5, 5.41) is 20.4. The minimum absolute atomic E-state index is 0.0173. The van der Waals surface area contributed by atoms with Crippen LogP contribution in [-0.4, -0.2) is 36.7 Å². The Morgan fingerprint density at radius 1 is 1.30 bits per heavy atom. The standard InChI is InChI=1S/C13H20N4O2S/c1-5-10-11(7-14)13(17-16-12(10)6-2)15-9(3)8-20(4,18)19/h9H,5-6,8H2,1-4H3,(H,15,17). The van der Waals surface area contributed by atoms with Crippen molar-refractivity contribution >= 4 is 15.7 Å². The van der Waals surface area contributed by atoms with Crippen molar-refractivity contribution in [2.75, 3.05) is 17.3 Å². The number of hydrogen-bond donors (Lipinski definition) is 1. The van der Waals surface area contributed by atoms with Crippen molar-refractivity contribution in [2.45, 2.75) is 39.7 Å². The molecule has 0 radical (unpaired) electrons. The molecular weight excluding hydrogens is 276 g/mol. The number of aromatic nitrogens is 2. The van der Waals surface area contributed by atoms with Crippen LogP contribution in [0.2, 0.25) is 0 Å². The maximum absolute atomic E-state index is 11.3. The van der Waals surface area contributed by atoms with Crippen molar-refractivity contribution in [2.24, 2.45) is 0 Å². The quantitative estimate of drug-likeness (QED) is 0.850. The number of nitriles is 1. The second kappa shape index (κ2) is 6.66. The van der Waals surface area contributed by atoms with Gasteiger partial charge in [-0.05, 0) is 25.3 Å². The average Bonchev–Trinajstić information content (AvgIpc) is 2.35. The summed E-state index contributed by atoms with van der Waals surface area (Å²) in [7, 11) is -3.09. The fourth-order valence-corrected chi connectivity index (χ4v) is 3.12. The molecule has 1 unspecified atom stereocenters. The Kier molecular flexibility index (Phi) is 5.45. The van der Waals surface area contributed by atoms with Crippen LogP contribution in [0.3, 0.4) is 0 Å². The van der Waals surface area contributed by atoms with E-state index in [-0.39, 0.29) is 11.8 Å². The number of rotatable bonds is 6. The molecule has 0 spiro atoms. The summed E-state index contributed by atoms with van der Waals surface area (Å²) < 4.78 is 22.5. The zero-order valence-electron chi connectivity index (χ0n) is 12.3. The van der Waals surface area contributed by atoms with Gasteiger partial charge in [0.05, 0.1) is 11.4 Å².